The average Bonchev–Trinajstić information content (AvgIpc) is 2.81. The highest BCUT2D eigenvalue weighted by atomic mass is 79.9. The Bertz CT molecular complexity index is 1200. The van der Waals surface area contributed by atoms with Gasteiger partial charge in [0.2, 0.25) is 17.8 Å². The predicted molar refractivity (Wildman–Crippen MR) is 145 cm³/mol. The van der Waals surface area contributed by atoms with Gasteiger partial charge in [0.15, 0.2) is 0 Å². The third-order valence-corrected chi connectivity index (χ3v) is 6.60. The van der Waals surface area contributed by atoms with Crippen molar-refractivity contribution in [3.05, 3.63) is 54.9 Å². The Morgan fingerprint density at radius 2 is 1.79 bits per heavy atom. The molecular weight excluding hydrogens is 634 g/mol. The van der Waals surface area contributed by atoms with Gasteiger partial charge in [-0.2, -0.15) is 20.1 Å². The molecule has 1 aliphatic heterocycles. The smallest absolute Gasteiger partial charge is 0.250 e. The molecule has 0 bridgehead atoms. The second-order valence-corrected chi connectivity index (χ2v) is 9.99. The molecule has 34 heavy (non-hydrogen) atoms. The summed E-state index contributed by atoms with van der Waals surface area (Å²) in [5.74, 6) is 1.93. The number of methoxy groups -OCH3 is 1. The molecule has 0 aliphatic carbocycles. The molecule has 0 atom stereocenters. The van der Waals surface area contributed by atoms with E-state index in [9.17, 15) is 0 Å². The topological polar surface area (TPSA) is 96.8 Å². The Labute approximate surface area is 222 Å². The van der Waals surface area contributed by atoms with Gasteiger partial charge in [-0.15, -0.1) is 0 Å². The van der Waals surface area contributed by atoms with E-state index in [-0.39, 0.29) is 0 Å². The maximum atomic E-state index is 5.48. The Morgan fingerprint density at radius 3 is 2.53 bits per heavy atom. The molecule has 9 nitrogen and oxygen atoms in total. The van der Waals surface area contributed by atoms with Gasteiger partial charge in [-0.25, -0.2) is 5.43 Å². The quantitative estimate of drug-likeness (QED) is 0.255. The minimum Gasteiger partial charge on any atom is -0.495 e. The number of nitrogens with one attached hydrogen (secondary N) is 2. The summed E-state index contributed by atoms with van der Waals surface area (Å²) in [5, 5.41) is 7.61. The number of benzene rings is 2. The summed E-state index contributed by atoms with van der Waals surface area (Å²) >= 11 is 10.6. The van der Waals surface area contributed by atoms with Crippen molar-refractivity contribution in [2.45, 2.75) is 6.92 Å². The molecule has 178 valence electrons. The Balaban J connectivity index is 1.62. The largest absolute Gasteiger partial charge is 0.495 e. The molecule has 1 aliphatic rings. The number of anilines is 4. The summed E-state index contributed by atoms with van der Waals surface area (Å²) in [6, 6.07) is 9.83. The zero-order valence-corrected chi connectivity index (χ0v) is 23.2. The highest BCUT2D eigenvalue weighted by Gasteiger charge is 2.17. The van der Waals surface area contributed by atoms with Crippen LogP contribution in [0.1, 0.15) is 11.1 Å². The van der Waals surface area contributed by atoms with Crippen molar-refractivity contribution in [1.82, 2.24) is 15.0 Å². The van der Waals surface area contributed by atoms with E-state index >= 15 is 0 Å². The first kappa shape index (κ1) is 24.8. The van der Waals surface area contributed by atoms with Crippen LogP contribution in [0.3, 0.4) is 0 Å². The molecule has 1 aromatic heterocycles. The van der Waals surface area contributed by atoms with Crippen molar-refractivity contribution in [1.29, 1.82) is 0 Å². The van der Waals surface area contributed by atoms with Crippen LogP contribution in [0.2, 0.25) is 0 Å². The molecule has 2 aromatic carbocycles. The first-order valence-electron chi connectivity index (χ1n) is 10.4. The zero-order valence-electron chi connectivity index (χ0n) is 18.5. The Kier molecular flexibility index (Phi) is 8.35. The highest BCUT2D eigenvalue weighted by Crippen LogP contribution is 2.32. The van der Waals surface area contributed by atoms with Gasteiger partial charge in [-0.1, -0.05) is 22.0 Å². The molecule has 1 saturated heterocycles. The Hall–Kier alpha value is -2.28. The summed E-state index contributed by atoms with van der Waals surface area (Å²) in [5.41, 5.74) is 5.70. The van der Waals surface area contributed by atoms with Gasteiger partial charge in [0.05, 0.1) is 36.7 Å². The van der Waals surface area contributed by atoms with Gasteiger partial charge in [0.25, 0.3) is 0 Å². The third-order valence-electron chi connectivity index (χ3n) is 4.90. The van der Waals surface area contributed by atoms with E-state index in [2.05, 4.69) is 83.5 Å². The van der Waals surface area contributed by atoms with Crippen LogP contribution in [0.15, 0.2) is 48.9 Å². The average molecular weight is 656 g/mol. The number of hydrogen-bond acceptors (Lipinski definition) is 9. The van der Waals surface area contributed by atoms with Crippen molar-refractivity contribution in [3.8, 4) is 5.75 Å². The maximum absolute atomic E-state index is 5.48. The first-order valence-corrected chi connectivity index (χ1v) is 12.7. The molecule has 0 spiro atoms. The molecule has 0 unspecified atom stereocenters. The van der Waals surface area contributed by atoms with E-state index in [1.807, 2.05) is 37.3 Å². The van der Waals surface area contributed by atoms with Crippen molar-refractivity contribution in [2.24, 2.45) is 5.10 Å². The minimum atomic E-state index is 0.312. The molecular formula is C22H22Br3N7O2. The lowest BCUT2D eigenvalue weighted by molar-refractivity contribution is 0.122. The molecule has 2 heterocycles. The van der Waals surface area contributed by atoms with Crippen LogP contribution in [0.5, 0.6) is 5.75 Å². The number of nitrogens with zero attached hydrogens (tertiary/aromatic N) is 5. The molecule has 1 fully saturated rings. The molecule has 12 heteroatoms. The van der Waals surface area contributed by atoms with Crippen molar-refractivity contribution in [3.63, 3.8) is 0 Å². The van der Waals surface area contributed by atoms with Crippen LogP contribution in [-0.2, 0) is 4.74 Å². The van der Waals surface area contributed by atoms with E-state index in [1.54, 1.807) is 13.3 Å². The zero-order chi connectivity index (χ0) is 24.1. The van der Waals surface area contributed by atoms with E-state index in [4.69, 9.17) is 9.47 Å². The van der Waals surface area contributed by atoms with E-state index < -0.39 is 0 Å². The van der Waals surface area contributed by atoms with Gasteiger partial charge < -0.3 is 19.7 Å². The molecule has 0 amide bonds. The van der Waals surface area contributed by atoms with Crippen LogP contribution in [0, 0.1) is 6.92 Å². The van der Waals surface area contributed by atoms with Gasteiger partial charge in [0, 0.05) is 27.6 Å². The summed E-state index contributed by atoms with van der Waals surface area (Å²) < 4.78 is 13.6. The number of ether oxygens (including phenoxy) is 2. The minimum absolute atomic E-state index is 0.312. The third kappa shape index (κ3) is 6.23. The van der Waals surface area contributed by atoms with Gasteiger partial charge in [-0.3, -0.25) is 0 Å². The summed E-state index contributed by atoms with van der Waals surface area (Å²) in [6.45, 7) is 4.67. The fourth-order valence-electron chi connectivity index (χ4n) is 3.27. The summed E-state index contributed by atoms with van der Waals surface area (Å²) in [6.07, 6.45) is 1.65. The second kappa shape index (κ2) is 11.4. The number of morpholine rings is 1. The number of rotatable bonds is 7. The molecule has 2 N–H and O–H groups in total. The van der Waals surface area contributed by atoms with Crippen LogP contribution in [0.25, 0.3) is 0 Å². The Morgan fingerprint density at radius 1 is 1.03 bits per heavy atom. The lowest BCUT2D eigenvalue weighted by Gasteiger charge is -2.27. The van der Waals surface area contributed by atoms with E-state index in [0.717, 1.165) is 30.2 Å². The van der Waals surface area contributed by atoms with Crippen molar-refractivity contribution < 1.29 is 9.47 Å². The standard InChI is InChI=1S/C22H22Br3N7O2/c1-13-3-4-18(16(24)9-13)27-20-28-21(30-22(29-20)32-5-7-34-8-6-32)31-26-12-14-10-15(23)11-17(25)19(14)33-2/h3-4,9-12H,5-8H2,1-2H3,(H2,27,28,29,30,31)/b26-12+. The van der Waals surface area contributed by atoms with Gasteiger partial charge in [0.1, 0.15) is 5.75 Å². The molecule has 4 rings (SSSR count). The normalized spacial score (nSPS) is 13.9. The highest BCUT2D eigenvalue weighted by molar-refractivity contribution is 9.11. The summed E-state index contributed by atoms with van der Waals surface area (Å²) in [7, 11) is 1.61. The van der Waals surface area contributed by atoms with Crippen molar-refractivity contribution in [2.75, 3.05) is 49.1 Å². The second-order valence-electron chi connectivity index (χ2n) is 7.37. The monoisotopic (exact) mass is 653 g/mol. The number of aryl methyl sites for hydroxylation is 1. The van der Waals surface area contributed by atoms with Crippen molar-refractivity contribution >= 4 is 77.5 Å². The van der Waals surface area contributed by atoms with Gasteiger partial charge in [-0.05, 0) is 68.6 Å². The molecule has 0 saturated carbocycles. The number of hydrogen-bond donors (Lipinski definition) is 2. The predicted octanol–water partition coefficient (Wildman–Crippen LogP) is 5.50. The van der Waals surface area contributed by atoms with E-state index in [1.165, 1.54) is 0 Å². The number of aromatic nitrogens is 3. The lowest BCUT2D eigenvalue weighted by Crippen LogP contribution is -2.37. The van der Waals surface area contributed by atoms with E-state index in [0.29, 0.717) is 49.9 Å². The summed E-state index contributed by atoms with van der Waals surface area (Å²) in [4.78, 5) is 15.8. The lowest BCUT2D eigenvalue weighted by atomic mass is 10.2. The van der Waals surface area contributed by atoms with Crippen LogP contribution < -0.4 is 20.4 Å². The molecule has 3 aromatic rings. The van der Waals surface area contributed by atoms with Gasteiger partial charge >= 0.3 is 0 Å². The fourth-order valence-corrected chi connectivity index (χ4v) is 5.28. The van der Waals surface area contributed by atoms with Crippen LogP contribution in [-0.4, -0.2) is 54.6 Å². The SMILES string of the molecule is COc1c(Br)cc(Br)cc1/C=N/Nc1nc(Nc2ccc(C)cc2Br)nc(N2CCOCC2)n1. The maximum Gasteiger partial charge on any atom is 0.250 e. The fraction of sp³-hybridized carbons (Fsp3) is 0.273. The number of hydrazone groups is 1. The van der Waals surface area contributed by atoms with Crippen LogP contribution >= 0.6 is 47.8 Å². The molecule has 0 radical (unpaired) electrons. The number of halogens is 3. The first-order chi connectivity index (χ1) is 16.4. The van der Waals surface area contributed by atoms with Crippen LogP contribution in [0.4, 0.5) is 23.5 Å².